The Morgan fingerprint density at radius 2 is 1.00 bits per heavy atom. The molecule has 2 aliphatic carbocycles. The van der Waals surface area contributed by atoms with Crippen LogP contribution in [0, 0.1) is 13.8 Å². The molecule has 1 aromatic heterocycles. The standard InChI is InChI=1S/C61H51BN2S/c1-36-21-30-44-45-35-55-46(34-50(45)61(49(44)31-36)47-17-11-9-15-42(47)43-16-10-12-18-48(43)61)57-58(65-55)62-51-19-13-14-20-52(51)63(40-26-22-38(23-27-40)59(3,4)5)53-32-37(2)33-54(56(53)62)64(57)41-28-24-39(25-29-41)60(6,7)8/h9-35H,1-8H3. The van der Waals surface area contributed by atoms with Gasteiger partial charge in [0, 0.05) is 43.3 Å². The van der Waals surface area contributed by atoms with Gasteiger partial charge in [0.25, 0.3) is 6.71 Å². The van der Waals surface area contributed by atoms with Crippen LogP contribution in [0.3, 0.4) is 0 Å². The minimum atomic E-state index is -0.428. The van der Waals surface area contributed by atoms with Crippen LogP contribution in [0.1, 0.15) is 86.1 Å². The molecule has 0 unspecified atom stereocenters. The summed E-state index contributed by atoms with van der Waals surface area (Å²) in [6, 6.07) is 63.6. The first-order chi connectivity index (χ1) is 31.3. The van der Waals surface area contributed by atoms with E-state index in [1.165, 1.54) is 127 Å². The quantitative estimate of drug-likeness (QED) is 0.160. The van der Waals surface area contributed by atoms with Crippen molar-refractivity contribution in [2.24, 2.45) is 0 Å². The van der Waals surface area contributed by atoms with E-state index >= 15 is 0 Å². The fourth-order valence-electron chi connectivity index (χ4n) is 12.1. The number of nitrogens with zero attached hydrogens (tertiary/aromatic N) is 2. The summed E-state index contributed by atoms with van der Waals surface area (Å²) in [6.07, 6.45) is 0. The third-order valence-electron chi connectivity index (χ3n) is 15.1. The van der Waals surface area contributed by atoms with Crippen LogP contribution in [0.15, 0.2) is 164 Å². The number of hydrogen-bond acceptors (Lipinski definition) is 3. The van der Waals surface area contributed by atoms with Gasteiger partial charge in [0.15, 0.2) is 0 Å². The first kappa shape index (κ1) is 38.8. The van der Waals surface area contributed by atoms with Crippen LogP contribution >= 0.6 is 11.3 Å². The SMILES string of the molecule is Cc1cc2c3c(c1)N(c1ccc(C(C)(C)C)cc1)c1c(sc4cc5c(cc14)C1(c4ccccc4-c4ccccc41)c1cc(C)ccc1-5)B3c1ccccc1N2c1ccc(C(C)(C)C)cc1. The maximum Gasteiger partial charge on any atom is 0.264 e. The van der Waals surface area contributed by atoms with Gasteiger partial charge in [-0.05, 0) is 151 Å². The first-order valence-electron chi connectivity index (χ1n) is 23.3. The highest BCUT2D eigenvalue weighted by Crippen LogP contribution is 2.64. The van der Waals surface area contributed by atoms with E-state index in [0.717, 1.165) is 0 Å². The van der Waals surface area contributed by atoms with Gasteiger partial charge in [-0.1, -0.05) is 156 Å². The van der Waals surface area contributed by atoms with Gasteiger partial charge < -0.3 is 9.80 Å². The zero-order valence-electron chi connectivity index (χ0n) is 38.5. The number of benzene rings is 8. The minimum absolute atomic E-state index is 0.0388. The highest BCUT2D eigenvalue weighted by molar-refractivity contribution is 7.33. The van der Waals surface area contributed by atoms with Gasteiger partial charge in [0.2, 0.25) is 0 Å². The van der Waals surface area contributed by atoms with E-state index in [4.69, 9.17) is 0 Å². The number of rotatable bonds is 2. The molecule has 4 heteroatoms. The number of aryl methyl sites for hydroxylation is 2. The number of fused-ring (bicyclic) bond motifs is 16. The normalized spacial score (nSPS) is 14.8. The lowest BCUT2D eigenvalue weighted by atomic mass is 9.36. The van der Waals surface area contributed by atoms with Crippen LogP contribution in [0.25, 0.3) is 32.3 Å². The monoisotopic (exact) mass is 854 g/mol. The molecule has 0 bridgehead atoms. The van der Waals surface area contributed by atoms with E-state index in [0.29, 0.717) is 0 Å². The molecular formula is C61H51BN2S. The number of hydrogen-bond donors (Lipinski definition) is 0. The second-order valence-corrected chi connectivity index (χ2v) is 22.2. The van der Waals surface area contributed by atoms with Gasteiger partial charge in [0.05, 0.1) is 11.1 Å². The second-order valence-electron chi connectivity index (χ2n) is 21.1. The summed E-state index contributed by atoms with van der Waals surface area (Å²) in [6.45, 7) is 18.4. The van der Waals surface area contributed by atoms with E-state index in [2.05, 4.69) is 229 Å². The zero-order chi connectivity index (χ0) is 44.3. The molecule has 1 spiro atoms. The molecule has 0 radical (unpaired) electrons. The molecule has 0 N–H and O–H groups in total. The van der Waals surface area contributed by atoms with Crippen LogP contribution in [0.4, 0.5) is 34.1 Å². The highest BCUT2D eigenvalue weighted by Gasteiger charge is 2.53. The summed E-state index contributed by atoms with van der Waals surface area (Å²) in [7, 11) is 0. The molecule has 2 aliphatic heterocycles. The molecule has 0 atom stereocenters. The average molecular weight is 855 g/mol. The summed E-state index contributed by atoms with van der Waals surface area (Å²) >= 11 is 2.00. The van der Waals surface area contributed by atoms with E-state index < -0.39 is 5.41 Å². The molecule has 13 rings (SSSR count). The zero-order valence-corrected chi connectivity index (χ0v) is 39.3. The number of anilines is 6. The van der Waals surface area contributed by atoms with E-state index in [-0.39, 0.29) is 17.5 Å². The highest BCUT2D eigenvalue weighted by atomic mass is 32.1. The average Bonchev–Trinajstić information content (AvgIpc) is 3.91. The predicted octanol–water partition coefficient (Wildman–Crippen LogP) is 14.5. The molecule has 0 fully saturated rings. The third kappa shape index (κ3) is 5.23. The largest absolute Gasteiger partial charge is 0.311 e. The van der Waals surface area contributed by atoms with Crippen molar-refractivity contribution in [2.75, 3.05) is 9.80 Å². The molecule has 9 aromatic rings. The Morgan fingerprint density at radius 3 is 1.63 bits per heavy atom. The van der Waals surface area contributed by atoms with Crippen LogP contribution in [-0.2, 0) is 16.2 Å². The predicted molar refractivity (Wildman–Crippen MR) is 279 cm³/mol. The topological polar surface area (TPSA) is 6.48 Å². The van der Waals surface area contributed by atoms with Crippen molar-refractivity contribution < 1.29 is 0 Å². The summed E-state index contributed by atoms with van der Waals surface area (Å²) in [5, 5.41) is 1.32. The van der Waals surface area contributed by atoms with Crippen molar-refractivity contribution in [2.45, 2.75) is 71.6 Å². The van der Waals surface area contributed by atoms with Gasteiger partial charge in [-0.25, -0.2) is 0 Å². The molecule has 8 aromatic carbocycles. The van der Waals surface area contributed by atoms with Crippen molar-refractivity contribution in [3.8, 4) is 22.3 Å². The fourth-order valence-corrected chi connectivity index (χ4v) is 13.4. The maximum atomic E-state index is 2.64. The second kappa shape index (κ2) is 13.2. The number of thiophene rings is 1. The van der Waals surface area contributed by atoms with Gasteiger partial charge >= 0.3 is 0 Å². The summed E-state index contributed by atoms with van der Waals surface area (Å²) < 4.78 is 2.73. The van der Waals surface area contributed by atoms with E-state index in [1.807, 2.05) is 11.3 Å². The first-order valence-corrected chi connectivity index (χ1v) is 24.1. The lowest BCUT2D eigenvalue weighted by Gasteiger charge is -2.43. The molecule has 314 valence electrons. The Morgan fingerprint density at radius 1 is 0.462 bits per heavy atom. The Kier molecular flexibility index (Phi) is 7.91. The van der Waals surface area contributed by atoms with Gasteiger partial charge in [0.1, 0.15) is 0 Å². The summed E-state index contributed by atoms with van der Waals surface area (Å²) in [4.78, 5) is 5.18. The Labute approximate surface area is 387 Å². The van der Waals surface area contributed by atoms with E-state index in [1.54, 1.807) is 0 Å². The fraction of sp³-hybridized carbons (Fsp3) is 0.180. The summed E-state index contributed by atoms with van der Waals surface area (Å²) in [5.74, 6) is 0. The Hall–Kier alpha value is -6.62. The van der Waals surface area contributed by atoms with Gasteiger partial charge in [-0.15, -0.1) is 11.3 Å². The molecule has 0 amide bonds. The minimum Gasteiger partial charge on any atom is -0.311 e. The van der Waals surface area contributed by atoms with E-state index in [9.17, 15) is 0 Å². The number of para-hydroxylation sites is 1. The summed E-state index contributed by atoms with van der Waals surface area (Å²) in [5.41, 5.74) is 26.0. The Bertz CT molecular complexity index is 3440. The lowest BCUT2D eigenvalue weighted by molar-refractivity contribution is 0.590. The van der Waals surface area contributed by atoms with Crippen molar-refractivity contribution >= 4 is 78.0 Å². The van der Waals surface area contributed by atoms with Crippen molar-refractivity contribution in [1.82, 2.24) is 0 Å². The molecule has 2 nitrogen and oxygen atoms in total. The molecule has 0 saturated heterocycles. The van der Waals surface area contributed by atoms with Crippen LogP contribution in [-0.4, -0.2) is 6.71 Å². The lowest BCUT2D eigenvalue weighted by Crippen LogP contribution is -2.60. The molecule has 4 aliphatic rings. The molecular weight excluding hydrogens is 804 g/mol. The van der Waals surface area contributed by atoms with Gasteiger partial charge in [-0.3, -0.25) is 0 Å². The third-order valence-corrected chi connectivity index (χ3v) is 16.3. The molecule has 0 saturated carbocycles. The van der Waals surface area contributed by atoms with Crippen molar-refractivity contribution in [3.05, 3.63) is 208 Å². The Balaban J connectivity index is 1.13. The smallest absolute Gasteiger partial charge is 0.264 e. The maximum absolute atomic E-state index is 2.64. The molecule has 3 heterocycles. The van der Waals surface area contributed by atoms with Gasteiger partial charge in [-0.2, -0.15) is 0 Å². The molecule has 65 heavy (non-hydrogen) atoms. The van der Waals surface area contributed by atoms with Crippen LogP contribution in [0.5, 0.6) is 0 Å². The van der Waals surface area contributed by atoms with Crippen LogP contribution in [0.2, 0.25) is 0 Å². The van der Waals surface area contributed by atoms with Crippen molar-refractivity contribution in [1.29, 1.82) is 0 Å². The van der Waals surface area contributed by atoms with Crippen LogP contribution < -0.4 is 25.5 Å². The van der Waals surface area contributed by atoms with Crippen molar-refractivity contribution in [3.63, 3.8) is 0 Å².